The van der Waals surface area contributed by atoms with Crippen LogP contribution in [0.3, 0.4) is 0 Å². The van der Waals surface area contributed by atoms with Crippen molar-refractivity contribution in [3.63, 3.8) is 0 Å². The Morgan fingerprint density at radius 3 is 2.84 bits per heavy atom. The maximum Gasteiger partial charge on any atom is 0.414 e. The van der Waals surface area contributed by atoms with Gasteiger partial charge in [0, 0.05) is 44.1 Å². The predicted molar refractivity (Wildman–Crippen MR) is 88.0 cm³/mol. The summed E-state index contributed by atoms with van der Waals surface area (Å²) in [6.07, 6.45) is -1.15. The number of anilines is 2. The molecule has 1 aliphatic rings. The number of hydrogen-bond acceptors (Lipinski definition) is 5. The SMILES string of the molecule is Cc1cc(NC(=O)c2ccc(N3C[C@H](C[NH-])OC3=O)cc2F)sn1.[Ac]. The average molecular weight is 576 g/mol. The number of cyclic esters (lactones) is 1. The Balaban J connectivity index is 0.00000225. The molecule has 10 heteroatoms. The van der Waals surface area contributed by atoms with E-state index in [1.165, 1.54) is 17.0 Å². The zero-order chi connectivity index (χ0) is 17.3. The predicted octanol–water partition coefficient (Wildman–Crippen LogP) is 3.22. The fraction of sp³-hybridized carbons (Fsp3) is 0.267. The van der Waals surface area contributed by atoms with Crippen molar-refractivity contribution in [3.05, 3.63) is 47.1 Å². The molecule has 2 N–H and O–H groups in total. The van der Waals surface area contributed by atoms with Crippen LogP contribution in [0.4, 0.5) is 19.9 Å². The molecule has 1 saturated heterocycles. The van der Waals surface area contributed by atoms with Gasteiger partial charge in [0.05, 0.1) is 23.5 Å². The number of halogens is 1. The van der Waals surface area contributed by atoms with E-state index >= 15 is 0 Å². The van der Waals surface area contributed by atoms with E-state index in [9.17, 15) is 14.0 Å². The van der Waals surface area contributed by atoms with Gasteiger partial charge in [0.1, 0.15) is 16.9 Å². The number of aromatic nitrogens is 1. The van der Waals surface area contributed by atoms with E-state index in [-0.39, 0.29) is 62.7 Å². The molecule has 25 heavy (non-hydrogen) atoms. The van der Waals surface area contributed by atoms with Gasteiger partial charge in [-0.25, -0.2) is 9.18 Å². The second kappa shape index (κ2) is 8.54. The smallest absolute Gasteiger partial charge is 0.414 e. The van der Waals surface area contributed by atoms with Crippen molar-refractivity contribution < 1.29 is 62.8 Å². The topological polar surface area (TPSA) is 95.3 Å². The Kier molecular flexibility index (Phi) is 6.91. The van der Waals surface area contributed by atoms with E-state index in [0.717, 1.165) is 23.3 Å². The van der Waals surface area contributed by atoms with Gasteiger partial charge in [0.2, 0.25) is 0 Å². The van der Waals surface area contributed by atoms with E-state index in [0.29, 0.717) is 10.7 Å². The van der Waals surface area contributed by atoms with Gasteiger partial charge in [-0.2, -0.15) is 4.37 Å². The molecule has 0 unspecified atom stereocenters. The van der Waals surface area contributed by atoms with E-state index in [2.05, 4.69) is 9.69 Å². The molecule has 2 amide bonds. The van der Waals surface area contributed by atoms with Crippen molar-refractivity contribution in [3.8, 4) is 0 Å². The Hall–Kier alpha value is -1.08. The van der Waals surface area contributed by atoms with Gasteiger partial charge in [0.25, 0.3) is 5.91 Å². The zero-order valence-electron chi connectivity index (χ0n) is 13.3. The number of benzene rings is 1. The molecule has 1 aromatic heterocycles. The molecule has 3 rings (SSSR count). The molecule has 1 radical (unpaired) electrons. The van der Waals surface area contributed by atoms with E-state index in [1.807, 2.05) is 0 Å². The number of hydrogen-bond donors (Lipinski definition) is 1. The van der Waals surface area contributed by atoms with Crippen molar-refractivity contribution in [2.75, 3.05) is 23.3 Å². The maximum absolute atomic E-state index is 14.3. The Morgan fingerprint density at radius 2 is 2.28 bits per heavy atom. The first-order chi connectivity index (χ1) is 11.5. The molecule has 129 valence electrons. The van der Waals surface area contributed by atoms with Crippen molar-refractivity contribution in [1.82, 2.24) is 4.37 Å². The number of amides is 2. The average Bonchev–Trinajstić information content (AvgIpc) is 3.12. The molecule has 0 spiro atoms. The zero-order valence-corrected chi connectivity index (χ0v) is 18.8. The van der Waals surface area contributed by atoms with Crippen LogP contribution in [-0.2, 0) is 4.74 Å². The summed E-state index contributed by atoms with van der Waals surface area (Å²) in [5, 5.41) is 3.11. The first-order valence-electron chi connectivity index (χ1n) is 7.15. The van der Waals surface area contributed by atoms with Crippen molar-refractivity contribution in [1.29, 1.82) is 0 Å². The Bertz CT molecular complexity index is 801. The Labute approximate surface area is 183 Å². The monoisotopic (exact) mass is 576 g/mol. The van der Waals surface area contributed by atoms with Crippen molar-refractivity contribution in [2.45, 2.75) is 13.0 Å². The third kappa shape index (κ3) is 4.56. The summed E-state index contributed by atoms with van der Waals surface area (Å²) in [7, 11) is 0. The normalized spacial score (nSPS) is 16.4. The van der Waals surface area contributed by atoms with Crippen LogP contribution in [0.5, 0.6) is 0 Å². The molecule has 2 heterocycles. The first kappa shape index (κ1) is 20.2. The number of rotatable bonds is 4. The quantitative estimate of drug-likeness (QED) is 0.605. The molecular weight excluding hydrogens is 562 g/mol. The van der Waals surface area contributed by atoms with Crippen LogP contribution in [0.25, 0.3) is 5.73 Å². The summed E-state index contributed by atoms with van der Waals surface area (Å²) in [4.78, 5) is 25.1. The third-order valence-electron chi connectivity index (χ3n) is 3.48. The number of carbonyl (C=O) groups is 2. The molecule has 0 bridgehead atoms. The van der Waals surface area contributed by atoms with Crippen LogP contribution < -0.4 is 10.2 Å². The number of nitrogens with zero attached hydrogens (tertiary/aromatic N) is 2. The fourth-order valence-corrected chi connectivity index (χ4v) is 2.95. The molecule has 7 nitrogen and oxygen atoms in total. The second-order valence-corrected chi connectivity index (χ2v) is 6.08. The molecule has 1 atom stereocenters. The molecule has 0 saturated carbocycles. The summed E-state index contributed by atoms with van der Waals surface area (Å²) in [6.45, 7) is 1.92. The van der Waals surface area contributed by atoms with Crippen LogP contribution in [0.15, 0.2) is 24.3 Å². The van der Waals surface area contributed by atoms with E-state index < -0.39 is 23.9 Å². The van der Waals surface area contributed by atoms with Gasteiger partial charge in [0.15, 0.2) is 0 Å². The van der Waals surface area contributed by atoms with Crippen LogP contribution in [-0.4, -0.2) is 35.6 Å². The summed E-state index contributed by atoms with van der Waals surface area (Å²) in [6, 6.07) is 5.59. The number of aryl methyl sites for hydroxylation is 1. The number of nitrogens with one attached hydrogen (secondary N) is 2. The van der Waals surface area contributed by atoms with Gasteiger partial charge in [-0.15, -0.1) is 6.54 Å². The standard InChI is InChI=1S/C15H14FN4O3S.Ac/c1-8-4-13(24-19-8)18-14(21)11-3-2-9(5-12(11)16)20-7-10(6-17)23-15(20)22;/h2-5,10,17H,6-7H2,1H3,(H,18,21);/q-1;/t10-;/m0./s1. The van der Waals surface area contributed by atoms with E-state index in [1.54, 1.807) is 13.0 Å². The molecule has 1 aliphatic heterocycles. The van der Waals surface area contributed by atoms with E-state index in [4.69, 9.17) is 10.5 Å². The van der Waals surface area contributed by atoms with Gasteiger partial charge in [-0.3, -0.25) is 9.69 Å². The van der Waals surface area contributed by atoms with Gasteiger partial charge < -0.3 is 15.8 Å². The van der Waals surface area contributed by atoms with Gasteiger partial charge in [-0.1, -0.05) is 0 Å². The minimum Gasteiger partial charge on any atom is -0.674 e. The van der Waals surface area contributed by atoms with Crippen molar-refractivity contribution >= 4 is 34.2 Å². The fourth-order valence-electron chi connectivity index (χ4n) is 2.30. The second-order valence-electron chi connectivity index (χ2n) is 5.27. The van der Waals surface area contributed by atoms with Crippen LogP contribution in [0, 0.1) is 56.8 Å². The van der Waals surface area contributed by atoms with Gasteiger partial charge in [-0.05, 0) is 42.7 Å². The van der Waals surface area contributed by atoms with Crippen LogP contribution in [0.1, 0.15) is 16.1 Å². The summed E-state index contributed by atoms with van der Waals surface area (Å²) in [5.41, 5.74) is 8.17. The molecule has 0 aliphatic carbocycles. The largest absolute Gasteiger partial charge is 0.674 e. The number of carbonyl (C=O) groups excluding carboxylic acids is 2. The first-order valence-corrected chi connectivity index (χ1v) is 7.92. The maximum atomic E-state index is 14.3. The van der Waals surface area contributed by atoms with Crippen LogP contribution in [0.2, 0.25) is 0 Å². The minimum absolute atomic E-state index is 0. The summed E-state index contributed by atoms with van der Waals surface area (Å²) in [5.74, 6) is -1.33. The molecule has 2 aromatic rings. The van der Waals surface area contributed by atoms with Crippen molar-refractivity contribution in [2.24, 2.45) is 0 Å². The Morgan fingerprint density at radius 1 is 1.52 bits per heavy atom. The minimum atomic E-state index is -0.742. The van der Waals surface area contributed by atoms with Gasteiger partial charge >= 0.3 is 6.09 Å². The summed E-state index contributed by atoms with van der Waals surface area (Å²) >= 11 is 1.11. The molecule has 1 fully saturated rings. The molecule has 1 aromatic carbocycles. The number of ether oxygens (including phenoxy) is 1. The van der Waals surface area contributed by atoms with Crippen LogP contribution >= 0.6 is 11.5 Å². The third-order valence-corrected chi connectivity index (χ3v) is 4.27. The summed E-state index contributed by atoms with van der Waals surface area (Å²) < 4.78 is 23.3. The molecular formula is C15H14AcFN4O3S-.